The highest BCUT2D eigenvalue weighted by Gasteiger charge is 2.63. The molecular formula is C21H32N2O4. The monoisotopic (exact) mass is 376 g/mol. The number of nitrogens with one attached hydrogen (secondary N) is 1. The molecule has 150 valence electrons. The summed E-state index contributed by atoms with van der Waals surface area (Å²) in [5.74, 6) is -0.681. The van der Waals surface area contributed by atoms with Crippen LogP contribution in [-0.2, 0) is 19.1 Å². The molecule has 1 aliphatic carbocycles. The Kier molecular flexibility index (Phi) is 5.92. The van der Waals surface area contributed by atoms with E-state index >= 15 is 0 Å². The van der Waals surface area contributed by atoms with E-state index in [4.69, 9.17) is 4.74 Å². The zero-order chi connectivity index (χ0) is 19.6. The lowest BCUT2D eigenvalue weighted by Gasteiger charge is -2.39. The fraction of sp³-hybridized carbons (Fsp3) is 0.762. The van der Waals surface area contributed by atoms with Crippen LogP contribution in [0.1, 0.15) is 65.7 Å². The minimum atomic E-state index is -0.962. The Morgan fingerprint density at radius 3 is 2.74 bits per heavy atom. The predicted molar refractivity (Wildman–Crippen MR) is 101 cm³/mol. The smallest absolute Gasteiger partial charge is 0.318 e. The van der Waals surface area contributed by atoms with Gasteiger partial charge in [-0.15, -0.1) is 0 Å². The fourth-order valence-electron chi connectivity index (χ4n) is 4.95. The van der Waals surface area contributed by atoms with E-state index in [1.165, 1.54) is 5.57 Å². The summed E-state index contributed by atoms with van der Waals surface area (Å²) in [5, 5.41) is 2.93. The lowest BCUT2D eigenvalue weighted by Crippen LogP contribution is -2.44. The minimum absolute atomic E-state index is 0.0586. The van der Waals surface area contributed by atoms with Crippen LogP contribution in [0.25, 0.3) is 0 Å². The fourth-order valence-corrected chi connectivity index (χ4v) is 4.95. The van der Waals surface area contributed by atoms with E-state index in [9.17, 15) is 14.4 Å². The van der Waals surface area contributed by atoms with E-state index in [1.54, 1.807) is 11.8 Å². The predicted octanol–water partition coefficient (Wildman–Crippen LogP) is 2.78. The molecule has 27 heavy (non-hydrogen) atoms. The number of allylic oxidation sites excluding steroid dienone is 1. The van der Waals surface area contributed by atoms with Gasteiger partial charge in [0.2, 0.25) is 11.8 Å². The molecule has 1 saturated heterocycles. The zero-order valence-electron chi connectivity index (χ0n) is 16.8. The molecular weight excluding hydrogens is 344 g/mol. The summed E-state index contributed by atoms with van der Waals surface area (Å²) in [6.07, 6.45) is 5.22. The number of carbonyl (C=O) groups is 3. The Labute approximate surface area is 161 Å². The lowest BCUT2D eigenvalue weighted by molar-refractivity contribution is -0.158. The van der Waals surface area contributed by atoms with Crippen molar-refractivity contribution in [2.24, 2.45) is 17.3 Å². The van der Waals surface area contributed by atoms with Gasteiger partial charge in [-0.3, -0.25) is 14.4 Å². The molecule has 2 heterocycles. The van der Waals surface area contributed by atoms with Crippen molar-refractivity contribution in [1.82, 2.24) is 10.2 Å². The number of nitrogens with zero attached hydrogens (tertiary/aromatic N) is 1. The van der Waals surface area contributed by atoms with Crippen molar-refractivity contribution in [2.75, 3.05) is 19.7 Å². The molecule has 6 nitrogen and oxygen atoms in total. The van der Waals surface area contributed by atoms with Crippen molar-refractivity contribution in [1.29, 1.82) is 0 Å². The van der Waals surface area contributed by atoms with Gasteiger partial charge >= 0.3 is 5.97 Å². The number of esters is 1. The van der Waals surface area contributed by atoms with Crippen LogP contribution in [0, 0.1) is 17.3 Å². The number of hydrogen-bond donors (Lipinski definition) is 1. The summed E-state index contributed by atoms with van der Waals surface area (Å²) in [6.45, 7) is 7.53. The molecule has 0 saturated carbocycles. The average Bonchev–Trinajstić information content (AvgIpc) is 2.87. The van der Waals surface area contributed by atoms with Crippen molar-refractivity contribution in [3.05, 3.63) is 11.3 Å². The van der Waals surface area contributed by atoms with Gasteiger partial charge in [0.05, 0.1) is 12.5 Å². The topological polar surface area (TPSA) is 75.7 Å². The molecule has 2 aliphatic heterocycles. The molecule has 3 rings (SSSR count). The maximum Gasteiger partial charge on any atom is 0.318 e. The second-order valence-electron chi connectivity index (χ2n) is 8.38. The van der Waals surface area contributed by atoms with Gasteiger partial charge in [-0.2, -0.15) is 0 Å². The van der Waals surface area contributed by atoms with Gasteiger partial charge in [-0.05, 0) is 56.9 Å². The van der Waals surface area contributed by atoms with Crippen LogP contribution >= 0.6 is 0 Å². The maximum atomic E-state index is 13.2. The average molecular weight is 376 g/mol. The first-order chi connectivity index (χ1) is 12.9. The molecule has 0 bridgehead atoms. The highest BCUT2D eigenvalue weighted by molar-refractivity contribution is 5.99. The molecule has 0 aromatic rings. The Hall–Kier alpha value is -1.85. The summed E-state index contributed by atoms with van der Waals surface area (Å²) < 4.78 is 5.44. The summed E-state index contributed by atoms with van der Waals surface area (Å²) in [7, 11) is 0. The van der Waals surface area contributed by atoms with Gasteiger partial charge in [0.25, 0.3) is 0 Å². The zero-order valence-corrected chi connectivity index (χ0v) is 16.8. The van der Waals surface area contributed by atoms with Gasteiger partial charge in [0.15, 0.2) is 0 Å². The van der Waals surface area contributed by atoms with Crippen LogP contribution in [0.15, 0.2) is 11.3 Å². The Morgan fingerprint density at radius 2 is 2.04 bits per heavy atom. The molecule has 0 unspecified atom stereocenters. The summed E-state index contributed by atoms with van der Waals surface area (Å²) >= 11 is 0. The van der Waals surface area contributed by atoms with E-state index in [2.05, 4.69) is 19.2 Å². The minimum Gasteiger partial charge on any atom is -0.465 e. The third kappa shape index (κ3) is 3.50. The number of hydrogen-bond acceptors (Lipinski definition) is 4. The number of ether oxygens (including phenoxy) is 1. The highest BCUT2D eigenvalue weighted by atomic mass is 16.5. The van der Waals surface area contributed by atoms with Crippen LogP contribution in [0.3, 0.4) is 0 Å². The molecule has 0 radical (unpaired) electrons. The van der Waals surface area contributed by atoms with Crippen LogP contribution in [-0.4, -0.2) is 42.4 Å². The Balaban J connectivity index is 1.89. The Bertz CT molecular complexity index is 651. The van der Waals surface area contributed by atoms with Crippen LogP contribution < -0.4 is 5.32 Å². The van der Waals surface area contributed by atoms with Gasteiger partial charge in [0, 0.05) is 25.2 Å². The summed E-state index contributed by atoms with van der Waals surface area (Å²) in [4.78, 5) is 40.7. The normalized spacial score (nSPS) is 27.0. The van der Waals surface area contributed by atoms with E-state index in [-0.39, 0.29) is 30.8 Å². The van der Waals surface area contributed by atoms with Crippen molar-refractivity contribution in [2.45, 2.75) is 65.7 Å². The SMILES string of the molecule is CCOC(=O)[C@@]12CCCC3=C1N(CCC3)C(=O)[C@H]2CC(=O)NCCC(C)C. The molecule has 0 spiro atoms. The largest absolute Gasteiger partial charge is 0.465 e. The molecule has 1 N–H and O–H groups in total. The van der Waals surface area contributed by atoms with Gasteiger partial charge in [-0.1, -0.05) is 13.8 Å². The first-order valence-electron chi connectivity index (χ1n) is 10.4. The van der Waals surface area contributed by atoms with Gasteiger partial charge in [-0.25, -0.2) is 0 Å². The first kappa shape index (κ1) is 19.9. The van der Waals surface area contributed by atoms with E-state index < -0.39 is 11.3 Å². The molecule has 2 atom stereocenters. The van der Waals surface area contributed by atoms with Crippen molar-refractivity contribution in [3.8, 4) is 0 Å². The highest BCUT2D eigenvalue weighted by Crippen LogP contribution is 2.57. The number of amides is 2. The van der Waals surface area contributed by atoms with Crippen LogP contribution in [0.5, 0.6) is 0 Å². The second kappa shape index (κ2) is 8.03. The number of rotatable bonds is 7. The van der Waals surface area contributed by atoms with Crippen LogP contribution in [0.4, 0.5) is 0 Å². The van der Waals surface area contributed by atoms with Crippen molar-refractivity contribution in [3.63, 3.8) is 0 Å². The lowest BCUT2D eigenvalue weighted by atomic mass is 9.65. The van der Waals surface area contributed by atoms with Gasteiger partial charge in [0.1, 0.15) is 5.41 Å². The third-order valence-corrected chi connectivity index (χ3v) is 6.17. The molecule has 2 amide bonds. The van der Waals surface area contributed by atoms with E-state index in [1.807, 2.05) is 0 Å². The standard InChI is InChI=1S/C21H32N2O4/c1-4-27-20(26)21-10-5-7-15-8-6-12-23(18(15)21)19(25)16(21)13-17(24)22-11-9-14(2)3/h14,16H,4-13H2,1-3H3,(H,22,24)/t16-,21-/m1/s1. The van der Waals surface area contributed by atoms with Crippen LogP contribution in [0.2, 0.25) is 0 Å². The molecule has 0 aromatic heterocycles. The van der Waals surface area contributed by atoms with Crippen molar-refractivity contribution >= 4 is 17.8 Å². The molecule has 6 heteroatoms. The first-order valence-corrected chi connectivity index (χ1v) is 10.4. The summed E-state index contributed by atoms with van der Waals surface area (Å²) in [5.41, 5.74) is 1.14. The third-order valence-electron chi connectivity index (χ3n) is 6.17. The molecule has 0 aromatic carbocycles. The van der Waals surface area contributed by atoms with Gasteiger partial charge < -0.3 is 15.0 Å². The maximum absolute atomic E-state index is 13.2. The molecule has 3 aliphatic rings. The second-order valence-corrected chi connectivity index (χ2v) is 8.38. The Morgan fingerprint density at radius 1 is 1.30 bits per heavy atom. The molecule has 1 fully saturated rings. The quantitative estimate of drug-likeness (QED) is 0.693. The number of carbonyl (C=O) groups excluding carboxylic acids is 3. The van der Waals surface area contributed by atoms with E-state index in [0.29, 0.717) is 25.4 Å². The summed E-state index contributed by atoms with van der Waals surface area (Å²) in [6, 6.07) is 0. The van der Waals surface area contributed by atoms with E-state index in [0.717, 1.165) is 37.8 Å². The van der Waals surface area contributed by atoms with Crippen molar-refractivity contribution < 1.29 is 19.1 Å².